The molecule has 0 amide bonds. The lowest BCUT2D eigenvalue weighted by atomic mass is 10.1. The van der Waals surface area contributed by atoms with Gasteiger partial charge in [-0.25, -0.2) is 0 Å². The van der Waals surface area contributed by atoms with Gasteiger partial charge in [-0.15, -0.1) is 0 Å². The summed E-state index contributed by atoms with van der Waals surface area (Å²) in [6, 6.07) is 3.09. The second kappa shape index (κ2) is 7.08. The number of nitrogens with zero attached hydrogens (tertiary/aromatic N) is 1. The Balaban J connectivity index is 3.16. The van der Waals surface area contributed by atoms with E-state index < -0.39 is 4.92 Å². The molecule has 1 aromatic rings. The Bertz CT molecular complexity index is 464. The van der Waals surface area contributed by atoms with Crippen molar-refractivity contribution >= 4 is 27.6 Å². The number of hydrogen-bond donors (Lipinski definition) is 0. The molecule has 6 nitrogen and oxygen atoms in total. The molecule has 0 unspecified atom stereocenters. The number of nitro groups is 1. The number of rotatable bonds is 6. The lowest BCUT2D eigenvalue weighted by Crippen LogP contribution is -2.08. The van der Waals surface area contributed by atoms with E-state index in [4.69, 9.17) is 9.47 Å². The van der Waals surface area contributed by atoms with Gasteiger partial charge in [0.05, 0.1) is 25.1 Å². The van der Waals surface area contributed by atoms with E-state index in [2.05, 4.69) is 15.9 Å². The fourth-order valence-corrected chi connectivity index (χ4v) is 2.10. The number of alkyl halides is 1. The number of methoxy groups -OCH3 is 1. The lowest BCUT2D eigenvalue weighted by molar-refractivity contribution is -0.386. The molecule has 0 heterocycles. The first-order valence-corrected chi connectivity index (χ1v) is 6.71. The van der Waals surface area contributed by atoms with Gasteiger partial charge in [-0.2, -0.15) is 0 Å². The van der Waals surface area contributed by atoms with Crippen molar-refractivity contribution in [1.82, 2.24) is 0 Å². The number of halogens is 1. The molecule has 0 aliphatic rings. The normalized spacial score (nSPS) is 10.1. The number of hydrogen-bond acceptors (Lipinski definition) is 5. The Morgan fingerprint density at radius 3 is 2.63 bits per heavy atom. The molecule has 0 radical (unpaired) electrons. The zero-order chi connectivity index (χ0) is 14.4. The minimum Gasteiger partial charge on any atom is -0.490 e. The zero-order valence-electron chi connectivity index (χ0n) is 10.6. The van der Waals surface area contributed by atoms with Crippen LogP contribution in [-0.2, 0) is 21.3 Å². The number of benzene rings is 1. The van der Waals surface area contributed by atoms with Gasteiger partial charge >= 0.3 is 11.7 Å². The largest absolute Gasteiger partial charge is 0.490 e. The quantitative estimate of drug-likeness (QED) is 0.346. The van der Waals surface area contributed by atoms with Crippen molar-refractivity contribution in [2.24, 2.45) is 0 Å². The summed E-state index contributed by atoms with van der Waals surface area (Å²) in [6.45, 7) is 2.02. The summed E-state index contributed by atoms with van der Waals surface area (Å²) >= 11 is 3.19. The minimum absolute atomic E-state index is 0.0577. The van der Waals surface area contributed by atoms with E-state index >= 15 is 0 Å². The van der Waals surface area contributed by atoms with Crippen LogP contribution in [0.25, 0.3) is 0 Å². The predicted octanol–water partition coefficient (Wildman–Crippen LogP) is 2.60. The van der Waals surface area contributed by atoms with Gasteiger partial charge in [0.2, 0.25) is 0 Å². The van der Waals surface area contributed by atoms with E-state index in [0.717, 1.165) is 0 Å². The highest BCUT2D eigenvalue weighted by Crippen LogP contribution is 2.33. The number of carbonyl (C=O) groups is 1. The smallest absolute Gasteiger partial charge is 0.314 e. The van der Waals surface area contributed by atoms with Crippen molar-refractivity contribution in [1.29, 1.82) is 0 Å². The van der Waals surface area contributed by atoms with Crippen LogP contribution in [0.15, 0.2) is 12.1 Å². The van der Waals surface area contributed by atoms with Gasteiger partial charge in [-0.3, -0.25) is 14.9 Å². The second-order valence-electron chi connectivity index (χ2n) is 3.68. The van der Waals surface area contributed by atoms with Crippen LogP contribution >= 0.6 is 15.9 Å². The molecule has 1 aromatic carbocycles. The van der Waals surface area contributed by atoms with E-state index in [1.165, 1.54) is 13.2 Å². The monoisotopic (exact) mass is 331 g/mol. The summed E-state index contributed by atoms with van der Waals surface area (Å²) in [4.78, 5) is 21.9. The highest BCUT2D eigenvalue weighted by Gasteiger charge is 2.22. The van der Waals surface area contributed by atoms with Crippen LogP contribution in [-0.4, -0.2) is 24.6 Å². The second-order valence-corrected chi connectivity index (χ2v) is 4.24. The topological polar surface area (TPSA) is 78.7 Å². The number of carbonyl (C=O) groups excluding carboxylic acids is 1. The van der Waals surface area contributed by atoms with Crippen LogP contribution < -0.4 is 4.74 Å². The molecule has 0 fully saturated rings. The lowest BCUT2D eigenvalue weighted by Gasteiger charge is -2.09. The van der Waals surface area contributed by atoms with Crippen molar-refractivity contribution in [2.75, 3.05) is 13.7 Å². The maximum atomic E-state index is 11.4. The van der Waals surface area contributed by atoms with Crippen LogP contribution in [0.4, 0.5) is 5.69 Å². The van der Waals surface area contributed by atoms with E-state index in [1.54, 1.807) is 13.0 Å². The maximum absolute atomic E-state index is 11.4. The number of nitro benzene ring substituents is 1. The Morgan fingerprint density at radius 1 is 1.47 bits per heavy atom. The molecule has 0 aliphatic carbocycles. The average Bonchev–Trinajstić information content (AvgIpc) is 2.37. The van der Waals surface area contributed by atoms with Crippen molar-refractivity contribution in [3.63, 3.8) is 0 Å². The van der Waals surface area contributed by atoms with Crippen molar-refractivity contribution in [3.8, 4) is 5.75 Å². The molecule has 104 valence electrons. The summed E-state index contributed by atoms with van der Waals surface area (Å²) in [7, 11) is 1.36. The molecule has 0 aromatic heterocycles. The van der Waals surface area contributed by atoms with E-state index in [9.17, 15) is 14.9 Å². The SMILES string of the molecule is CCOC(=O)Cc1cc(CBr)c([N+](=O)[O-])c(OC)c1. The average molecular weight is 332 g/mol. The molecule has 7 heteroatoms. The standard InChI is InChI=1S/C12H14BrNO5/c1-3-19-11(15)6-8-4-9(7-13)12(14(16)17)10(5-8)18-2/h4-5H,3,6-7H2,1-2H3. The van der Waals surface area contributed by atoms with Gasteiger partial charge in [0.15, 0.2) is 5.75 Å². The summed E-state index contributed by atoms with van der Waals surface area (Å²) in [6.07, 6.45) is 0.0577. The first-order chi connectivity index (χ1) is 9.03. The van der Waals surface area contributed by atoms with Crippen molar-refractivity contribution < 1.29 is 19.2 Å². The van der Waals surface area contributed by atoms with Gasteiger partial charge in [0.1, 0.15) is 0 Å². The molecule has 0 aliphatic heterocycles. The minimum atomic E-state index is -0.496. The van der Waals surface area contributed by atoms with E-state index in [1.807, 2.05) is 0 Å². The molecule has 0 N–H and O–H groups in total. The van der Waals surface area contributed by atoms with Gasteiger partial charge < -0.3 is 9.47 Å². The van der Waals surface area contributed by atoms with Crippen LogP contribution in [0.5, 0.6) is 5.75 Å². The third-order valence-corrected chi connectivity index (χ3v) is 3.02. The molecule has 0 bridgehead atoms. The molecular formula is C12H14BrNO5. The van der Waals surface area contributed by atoms with Crippen LogP contribution in [0.1, 0.15) is 18.1 Å². The van der Waals surface area contributed by atoms with Crippen LogP contribution in [0, 0.1) is 10.1 Å². The third kappa shape index (κ3) is 3.92. The number of esters is 1. The molecular weight excluding hydrogens is 318 g/mol. The molecule has 0 atom stereocenters. The van der Waals surface area contributed by atoms with Gasteiger partial charge in [-0.1, -0.05) is 15.9 Å². The molecule has 19 heavy (non-hydrogen) atoms. The summed E-state index contributed by atoms with van der Waals surface area (Å²) < 4.78 is 9.86. The van der Waals surface area contributed by atoms with Crippen LogP contribution in [0.3, 0.4) is 0 Å². The molecule has 1 rings (SSSR count). The van der Waals surface area contributed by atoms with E-state index in [-0.39, 0.29) is 23.8 Å². The molecule has 0 saturated heterocycles. The fraction of sp³-hybridized carbons (Fsp3) is 0.417. The summed E-state index contributed by atoms with van der Waals surface area (Å²) in [5, 5.41) is 11.3. The Morgan fingerprint density at radius 2 is 2.16 bits per heavy atom. The highest BCUT2D eigenvalue weighted by molar-refractivity contribution is 9.08. The van der Waals surface area contributed by atoms with Crippen LogP contribution in [0.2, 0.25) is 0 Å². The van der Waals surface area contributed by atoms with Gasteiger partial charge in [0.25, 0.3) is 0 Å². The zero-order valence-corrected chi connectivity index (χ0v) is 12.2. The Labute approximate surface area is 119 Å². The first-order valence-electron chi connectivity index (χ1n) is 5.59. The van der Waals surface area contributed by atoms with Gasteiger partial charge in [0, 0.05) is 10.9 Å². The molecule has 0 spiro atoms. The Hall–Kier alpha value is -1.63. The molecule has 0 saturated carbocycles. The summed E-state index contributed by atoms with van der Waals surface area (Å²) in [5.74, 6) is -0.236. The third-order valence-electron chi connectivity index (χ3n) is 2.41. The Kier molecular flexibility index (Phi) is 5.75. The first kappa shape index (κ1) is 15.4. The van der Waals surface area contributed by atoms with Gasteiger partial charge in [-0.05, 0) is 24.6 Å². The maximum Gasteiger partial charge on any atom is 0.314 e. The predicted molar refractivity (Wildman–Crippen MR) is 72.6 cm³/mol. The van der Waals surface area contributed by atoms with Crippen molar-refractivity contribution in [2.45, 2.75) is 18.7 Å². The van der Waals surface area contributed by atoms with Crippen molar-refractivity contribution in [3.05, 3.63) is 33.4 Å². The summed E-state index contributed by atoms with van der Waals surface area (Å²) in [5.41, 5.74) is 0.992. The number of ether oxygens (including phenoxy) is 2. The highest BCUT2D eigenvalue weighted by atomic mass is 79.9. The van der Waals surface area contributed by atoms with E-state index in [0.29, 0.717) is 23.1 Å². The fourth-order valence-electron chi connectivity index (χ4n) is 1.67.